The number of nitrogens with zero attached hydrogens (tertiary/aromatic N) is 1. The molecule has 0 aliphatic heterocycles. The van der Waals surface area contributed by atoms with Gasteiger partial charge in [0.05, 0.1) is 7.11 Å². The molecular formula is C17H27NO2. The van der Waals surface area contributed by atoms with Crippen LogP contribution in [0.1, 0.15) is 45.1 Å². The molecule has 112 valence electrons. The molecule has 0 bridgehead atoms. The van der Waals surface area contributed by atoms with Crippen LogP contribution in [-0.4, -0.2) is 29.7 Å². The van der Waals surface area contributed by atoms with Crippen molar-refractivity contribution in [2.24, 2.45) is 5.92 Å². The quantitative estimate of drug-likeness (QED) is 0.858. The summed E-state index contributed by atoms with van der Waals surface area (Å²) in [5.41, 5.74) is 0.998. The molecule has 1 saturated carbocycles. The van der Waals surface area contributed by atoms with Gasteiger partial charge in [-0.3, -0.25) is 4.90 Å². The largest absolute Gasteiger partial charge is 0.507 e. The van der Waals surface area contributed by atoms with Gasteiger partial charge < -0.3 is 9.84 Å². The highest BCUT2D eigenvalue weighted by Crippen LogP contribution is 2.29. The molecule has 0 unspecified atom stereocenters. The number of methoxy groups -OCH3 is 1. The van der Waals surface area contributed by atoms with Gasteiger partial charge >= 0.3 is 0 Å². The van der Waals surface area contributed by atoms with E-state index in [9.17, 15) is 5.11 Å². The van der Waals surface area contributed by atoms with E-state index in [0.29, 0.717) is 23.5 Å². The fraction of sp³-hybridized carbons (Fsp3) is 0.647. The molecule has 1 aliphatic carbocycles. The molecule has 20 heavy (non-hydrogen) atoms. The lowest BCUT2D eigenvalue weighted by Gasteiger charge is -2.30. The topological polar surface area (TPSA) is 32.7 Å². The van der Waals surface area contributed by atoms with E-state index in [4.69, 9.17) is 4.74 Å². The Morgan fingerprint density at radius 3 is 2.55 bits per heavy atom. The standard InChI is InChI=1S/C17H27NO2/c1-13(2)11-18(15-6-4-5-7-15)12-14-8-9-16(20-3)10-17(14)19/h8-10,13,15,19H,4-7,11-12H2,1-3H3. The van der Waals surface area contributed by atoms with Crippen molar-refractivity contribution in [3.8, 4) is 11.5 Å². The Balaban J connectivity index is 2.10. The minimum Gasteiger partial charge on any atom is -0.507 e. The van der Waals surface area contributed by atoms with Crippen molar-refractivity contribution in [2.45, 2.75) is 52.1 Å². The predicted octanol–water partition coefficient (Wildman–Crippen LogP) is 3.80. The maximum absolute atomic E-state index is 10.1. The van der Waals surface area contributed by atoms with E-state index in [2.05, 4.69) is 18.7 Å². The Labute approximate surface area is 122 Å². The molecule has 0 aromatic heterocycles. The van der Waals surface area contributed by atoms with E-state index in [0.717, 1.165) is 18.7 Å². The Morgan fingerprint density at radius 1 is 1.30 bits per heavy atom. The van der Waals surface area contributed by atoms with Crippen LogP contribution >= 0.6 is 0 Å². The third-order valence-electron chi connectivity index (χ3n) is 4.11. The highest BCUT2D eigenvalue weighted by molar-refractivity contribution is 5.39. The number of hydrogen-bond donors (Lipinski definition) is 1. The summed E-state index contributed by atoms with van der Waals surface area (Å²) >= 11 is 0. The van der Waals surface area contributed by atoms with Crippen molar-refractivity contribution in [1.82, 2.24) is 4.90 Å². The van der Waals surface area contributed by atoms with Gasteiger partial charge in [-0.15, -0.1) is 0 Å². The summed E-state index contributed by atoms with van der Waals surface area (Å²) in [5.74, 6) is 1.70. The Morgan fingerprint density at radius 2 is 2.00 bits per heavy atom. The lowest BCUT2D eigenvalue weighted by Crippen LogP contribution is -2.35. The second-order valence-electron chi connectivity index (χ2n) is 6.26. The first-order chi connectivity index (χ1) is 9.60. The molecule has 0 amide bonds. The van der Waals surface area contributed by atoms with Gasteiger partial charge in [-0.1, -0.05) is 32.8 Å². The monoisotopic (exact) mass is 277 g/mol. The van der Waals surface area contributed by atoms with E-state index >= 15 is 0 Å². The normalized spacial score (nSPS) is 16.2. The highest BCUT2D eigenvalue weighted by Gasteiger charge is 2.23. The minimum atomic E-state index is 0.344. The molecule has 0 spiro atoms. The van der Waals surface area contributed by atoms with Crippen molar-refractivity contribution in [2.75, 3.05) is 13.7 Å². The average molecular weight is 277 g/mol. The number of phenols is 1. The molecule has 2 rings (SSSR count). The molecule has 1 N–H and O–H groups in total. The van der Waals surface area contributed by atoms with E-state index in [-0.39, 0.29) is 0 Å². The summed E-state index contributed by atoms with van der Waals surface area (Å²) < 4.78 is 5.15. The van der Waals surface area contributed by atoms with E-state index in [1.165, 1.54) is 25.7 Å². The molecule has 0 saturated heterocycles. The summed E-state index contributed by atoms with van der Waals surface area (Å²) in [6.07, 6.45) is 5.27. The second kappa shape index (κ2) is 6.98. The number of aromatic hydroxyl groups is 1. The lowest BCUT2D eigenvalue weighted by molar-refractivity contribution is 0.167. The van der Waals surface area contributed by atoms with Crippen molar-refractivity contribution < 1.29 is 9.84 Å². The molecule has 1 fully saturated rings. The fourth-order valence-corrected chi connectivity index (χ4v) is 3.10. The lowest BCUT2D eigenvalue weighted by atomic mass is 10.1. The van der Waals surface area contributed by atoms with Crippen LogP contribution in [0.4, 0.5) is 0 Å². The van der Waals surface area contributed by atoms with Crippen LogP contribution < -0.4 is 4.74 Å². The number of rotatable bonds is 6. The smallest absolute Gasteiger partial charge is 0.123 e. The van der Waals surface area contributed by atoms with E-state index < -0.39 is 0 Å². The van der Waals surface area contributed by atoms with Crippen molar-refractivity contribution in [1.29, 1.82) is 0 Å². The van der Waals surface area contributed by atoms with Crippen LogP contribution in [0.15, 0.2) is 18.2 Å². The van der Waals surface area contributed by atoms with Crippen molar-refractivity contribution >= 4 is 0 Å². The van der Waals surface area contributed by atoms with Gasteiger partial charge in [0, 0.05) is 30.8 Å². The zero-order valence-electron chi connectivity index (χ0n) is 12.9. The van der Waals surface area contributed by atoms with Crippen LogP contribution in [0, 0.1) is 5.92 Å². The molecule has 1 aromatic carbocycles. The SMILES string of the molecule is COc1ccc(CN(CC(C)C)C2CCCC2)c(O)c1. The van der Waals surface area contributed by atoms with Crippen LogP contribution in [0.25, 0.3) is 0 Å². The summed E-state index contributed by atoms with van der Waals surface area (Å²) in [7, 11) is 1.62. The van der Waals surface area contributed by atoms with Crippen molar-refractivity contribution in [3.63, 3.8) is 0 Å². The van der Waals surface area contributed by atoms with Crippen LogP contribution in [-0.2, 0) is 6.54 Å². The first kappa shape index (κ1) is 15.2. The predicted molar refractivity (Wildman–Crippen MR) is 82.2 cm³/mol. The zero-order valence-corrected chi connectivity index (χ0v) is 12.9. The third-order valence-corrected chi connectivity index (χ3v) is 4.11. The van der Waals surface area contributed by atoms with Gasteiger partial charge in [0.1, 0.15) is 11.5 Å². The Bertz CT molecular complexity index is 425. The molecule has 3 heteroatoms. The maximum atomic E-state index is 10.1. The first-order valence-corrected chi connectivity index (χ1v) is 7.70. The third kappa shape index (κ3) is 3.89. The van der Waals surface area contributed by atoms with Gasteiger partial charge in [0.15, 0.2) is 0 Å². The number of phenolic OH excluding ortho intramolecular Hbond substituents is 1. The van der Waals surface area contributed by atoms with Gasteiger partial charge in [-0.2, -0.15) is 0 Å². The molecule has 0 atom stereocenters. The maximum Gasteiger partial charge on any atom is 0.123 e. The van der Waals surface area contributed by atoms with Gasteiger partial charge in [0.2, 0.25) is 0 Å². The fourth-order valence-electron chi connectivity index (χ4n) is 3.10. The molecule has 0 heterocycles. The van der Waals surface area contributed by atoms with Gasteiger partial charge in [-0.05, 0) is 24.8 Å². The molecule has 1 aromatic rings. The Hall–Kier alpha value is -1.22. The van der Waals surface area contributed by atoms with E-state index in [1.54, 1.807) is 13.2 Å². The van der Waals surface area contributed by atoms with Crippen molar-refractivity contribution in [3.05, 3.63) is 23.8 Å². The van der Waals surface area contributed by atoms with Crippen LogP contribution in [0.2, 0.25) is 0 Å². The molecule has 3 nitrogen and oxygen atoms in total. The molecule has 1 aliphatic rings. The second-order valence-corrected chi connectivity index (χ2v) is 6.26. The summed E-state index contributed by atoms with van der Waals surface area (Å²) in [6.45, 7) is 6.44. The molecule has 0 radical (unpaired) electrons. The minimum absolute atomic E-state index is 0.344. The Kier molecular flexibility index (Phi) is 5.30. The first-order valence-electron chi connectivity index (χ1n) is 7.70. The van der Waals surface area contributed by atoms with Crippen LogP contribution in [0.5, 0.6) is 11.5 Å². The van der Waals surface area contributed by atoms with Crippen LogP contribution in [0.3, 0.4) is 0 Å². The number of benzene rings is 1. The summed E-state index contributed by atoms with van der Waals surface area (Å²) in [6, 6.07) is 6.30. The summed E-state index contributed by atoms with van der Waals surface area (Å²) in [4.78, 5) is 2.54. The van der Waals surface area contributed by atoms with E-state index in [1.807, 2.05) is 12.1 Å². The zero-order chi connectivity index (χ0) is 14.5. The average Bonchev–Trinajstić information content (AvgIpc) is 2.93. The number of ether oxygens (including phenoxy) is 1. The highest BCUT2D eigenvalue weighted by atomic mass is 16.5. The molecular weight excluding hydrogens is 250 g/mol. The summed E-state index contributed by atoms with van der Waals surface area (Å²) in [5, 5.41) is 10.1. The number of hydrogen-bond acceptors (Lipinski definition) is 3. The van der Waals surface area contributed by atoms with Gasteiger partial charge in [-0.25, -0.2) is 0 Å². The van der Waals surface area contributed by atoms with Gasteiger partial charge in [0.25, 0.3) is 0 Å².